The van der Waals surface area contributed by atoms with Crippen LogP contribution in [0, 0.1) is 6.92 Å². The van der Waals surface area contributed by atoms with Gasteiger partial charge in [-0.15, -0.1) is 0 Å². The van der Waals surface area contributed by atoms with Crippen LogP contribution in [0.4, 0.5) is 5.95 Å². The molecule has 0 N–H and O–H groups in total. The van der Waals surface area contributed by atoms with Crippen molar-refractivity contribution >= 4 is 5.95 Å². The van der Waals surface area contributed by atoms with Crippen molar-refractivity contribution in [3.63, 3.8) is 0 Å². The minimum absolute atomic E-state index is 0.0320. The third-order valence-electron chi connectivity index (χ3n) is 4.59. The van der Waals surface area contributed by atoms with Crippen LogP contribution in [0.15, 0.2) is 29.3 Å². The van der Waals surface area contributed by atoms with Crippen LogP contribution in [-0.4, -0.2) is 76.4 Å². The third-order valence-corrected chi connectivity index (χ3v) is 4.59. The maximum atomic E-state index is 11.8. The van der Waals surface area contributed by atoms with Crippen molar-refractivity contribution < 1.29 is 0 Å². The van der Waals surface area contributed by atoms with E-state index in [1.165, 1.54) is 0 Å². The molecule has 0 spiro atoms. The van der Waals surface area contributed by atoms with Gasteiger partial charge in [-0.05, 0) is 13.0 Å². The topological polar surface area (TPSA) is 70.4 Å². The Kier molecular flexibility index (Phi) is 5.95. The molecule has 0 aliphatic carbocycles. The smallest absolute Gasteiger partial charge is 0.266 e. The van der Waals surface area contributed by atoms with E-state index in [-0.39, 0.29) is 5.56 Å². The highest BCUT2D eigenvalue weighted by Crippen LogP contribution is 2.09. The molecule has 1 aliphatic rings. The second-order valence-electron chi connectivity index (χ2n) is 6.94. The summed E-state index contributed by atoms with van der Waals surface area (Å²) in [5, 5.41) is 4.30. The number of hydrogen-bond acceptors (Lipinski definition) is 7. The van der Waals surface area contributed by atoms with Gasteiger partial charge in [-0.3, -0.25) is 14.6 Å². The van der Waals surface area contributed by atoms with Gasteiger partial charge >= 0.3 is 0 Å². The average molecular weight is 357 g/mol. The van der Waals surface area contributed by atoms with E-state index in [9.17, 15) is 4.79 Å². The van der Waals surface area contributed by atoms with E-state index in [0.29, 0.717) is 6.54 Å². The van der Waals surface area contributed by atoms with Gasteiger partial charge in [0, 0.05) is 77.4 Å². The predicted octanol–water partition coefficient (Wildman–Crippen LogP) is 0.226. The van der Waals surface area contributed by atoms with Gasteiger partial charge in [0.25, 0.3) is 5.56 Å². The van der Waals surface area contributed by atoms with Crippen LogP contribution in [0.25, 0.3) is 0 Å². The van der Waals surface area contributed by atoms with Crippen LogP contribution in [0.2, 0.25) is 0 Å². The van der Waals surface area contributed by atoms with Crippen molar-refractivity contribution in [2.75, 3.05) is 51.7 Å². The molecular weight excluding hydrogens is 330 g/mol. The molecule has 0 bridgehead atoms. The molecule has 2 aromatic heterocycles. The molecule has 3 heterocycles. The minimum Gasteiger partial charge on any atom is -0.347 e. The second-order valence-corrected chi connectivity index (χ2v) is 6.94. The average Bonchev–Trinajstić information content (AvgIpc) is 2.64. The number of nitrogens with zero attached hydrogens (tertiary/aromatic N) is 7. The molecule has 3 rings (SSSR count). The largest absolute Gasteiger partial charge is 0.347 e. The van der Waals surface area contributed by atoms with Crippen molar-refractivity contribution in [2.45, 2.75) is 20.0 Å². The first-order chi connectivity index (χ1) is 12.5. The van der Waals surface area contributed by atoms with Gasteiger partial charge in [0.1, 0.15) is 0 Å². The van der Waals surface area contributed by atoms with Crippen molar-refractivity contribution in [3.8, 4) is 0 Å². The normalized spacial score (nSPS) is 16.0. The molecule has 1 fully saturated rings. The third kappa shape index (κ3) is 4.86. The molecule has 0 atom stereocenters. The fourth-order valence-corrected chi connectivity index (χ4v) is 3.04. The number of aryl methyl sites for hydroxylation is 1. The molecule has 0 aromatic carbocycles. The monoisotopic (exact) mass is 357 g/mol. The Morgan fingerprint density at radius 1 is 1.00 bits per heavy atom. The van der Waals surface area contributed by atoms with Crippen LogP contribution in [0.3, 0.4) is 0 Å². The Morgan fingerprint density at radius 2 is 1.65 bits per heavy atom. The van der Waals surface area contributed by atoms with Crippen LogP contribution in [-0.2, 0) is 13.1 Å². The van der Waals surface area contributed by atoms with Crippen molar-refractivity contribution in [2.24, 2.45) is 0 Å². The zero-order valence-electron chi connectivity index (χ0n) is 15.8. The van der Waals surface area contributed by atoms with Crippen LogP contribution < -0.4 is 10.5 Å². The SMILES string of the molecule is Cc1ccc(=O)n(CCN2CCN(Cc3cnc(N(C)C)nc3)CC2)n1. The van der Waals surface area contributed by atoms with E-state index in [1.54, 1.807) is 16.8 Å². The quantitative estimate of drug-likeness (QED) is 0.733. The first-order valence-corrected chi connectivity index (χ1v) is 8.99. The van der Waals surface area contributed by atoms with E-state index >= 15 is 0 Å². The summed E-state index contributed by atoms with van der Waals surface area (Å²) in [6.07, 6.45) is 3.81. The molecule has 2 aromatic rings. The van der Waals surface area contributed by atoms with Crippen LogP contribution in [0.5, 0.6) is 0 Å². The molecule has 26 heavy (non-hydrogen) atoms. The first-order valence-electron chi connectivity index (χ1n) is 8.99. The lowest BCUT2D eigenvalue weighted by molar-refractivity contribution is 0.122. The molecule has 1 saturated heterocycles. The highest BCUT2D eigenvalue weighted by atomic mass is 16.1. The lowest BCUT2D eigenvalue weighted by atomic mass is 10.2. The first kappa shape index (κ1) is 18.5. The Morgan fingerprint density at radius 3 is 2.31 bits per heavy atom. The summed E-state index contributed by atoms with van der Waals surface area (Å²) in [6, 6.07) is 3.34. The zero-order chi connectivity index (χ0) is 18.5. The van der Waals surface area contributed by atoms with Gasteiger partial charge in [0.15, 0.2) is 0 Å². The van der Waals surface area contributed by atoms with Gasteiger partial charge in [-0.1, -0.05) is 0 Å². The summed E-state index contributed by atoms with van der Waals surface area (Å²) in [5.74, 6) is 0.735. The zero-order valence-corrected chi connectivity index (χ0v) is 15.8. The van der Waals surface area contributed by atoms with Crippen molar-refractivity contribution in [1.29, 1.82) is 0 Å². The highest BCUT2D eigenvalue weighted by Gasteiger charge is 2.17. The summed E-state index contributed by atoms with van der Waals surface area (Å²) in [6.45, 7) is 8.28. The van der Waals surface area contributed by atoms with Gasteiger partial charge in [0.05, 0.1) is 12.2 Å². The predicted molar refractivity (Wildman–Crippen MR) is 101 cm³/mol. The van der Waals surface area contributed by atoms with Gasteiger partial charge in [-0.2, -0.15) is 5.10 Å². The van der Waals surface area contributed by atoms with E-state index in [4.69, 9.17) is 0 Å². The molecule has 0 radical (unpaired) electrons. The summed E-state index contributed by atoms with van der Waals surface area (Å²) < 4.78 is 1.56. The summed E-state index contributed by atoms with van der Waals surface area (Å²) >= 11 is 0. The standard InChI is InChI=1S/C18H27N7O/c1-15-4-5-17(26)25(21-15)11-10-23-6-8-24(9-7-23)14-16-12-19-18(20-13-16)22(2)3/h4-5,12-13H,6-11,14H2,1-3H3. The lowest BCUT2D eigenvalue weighted by Gasteiger charge is -2.34. The molecule has 0 unspecified atom stereocenters. The number of aromatic nitrogens is 4. The summed E-state index contributed by atoms with van der Waals surface area (Å²) in [7, 11) is 3.88. The Bertz CT molecular complexity index is 764. The van der Waals surface area contributed by atoms with E-state index in [1.807, 2.05) is 38.3 Å². The van der Waals surface area contributed by atoms with Crippen LogP contribution >= 0.6 is 0 Å². The Hall–Kier alpha value is -2.32. The summed E-state index contributed by atoms with van der Waals surface area (Å²) in [5.41, 5.74) is 1.98. The van der Waals surface area contributed by atoms with Crippen molar-refractivity contribution in [3.05, 3.63) is 46.1 Å². The molecular formula is C18H27N7O. The lowest BCUT2D eigenvalue weighted by Crippen LogP contribution is -2.47. The summed E-state index contributed by atoms with van der Waals surface area (Å²) in [4.78, 5) is 27.3. The van der Waals surface area contributed by atoms with Gasteiger partial charge in [0.2, 0.25) is 5.95 Å². The van der Waals surface area contributed by atoms with Gasteiger partial charge < -0.3 is 4.90 Å². The minimum atomic E-state index is -0.0320. The highest BCUT2D eigenvalue weighted by molar-refractivity contribution is 5.26. The van der Waals surface area contributed by atoms with Gasteiger partial charge in [-0.25, -0.2) is 14.6 Å². The molecule has 0 amide bonds. The fourth-order valence-electron chi connectivity index (χ4n) is 3.04. The molecule has 0 saturated carbocycles. The Labute approximate surface area is 154 Å². The molecule has 1 aliphatic heterocycles. The molecule has 8 nitrogen and oxygen atoms in total. The van der Waals surface area contributed by atoms with E-state index in [2.05, 4.69) is 24.9 Å². The van der Waals surface area contributed by atoms with E-state index < -0.39 is 0 Å². The second kappa shape index (κ2) is 8.37. The number of anilines is 1. The number of piperazine rings is 1. The molecule has 8 heteroatoms. The fraction of sp³-hybridized carbons (Fsp3) is 0.556. The maximum absolute atomic E-state index is 11.8. The van der Waals surface area contributed by atoms with Crippen molar-refractivity contribution in [1.82, 2.24) is 29.5 Å². The Balaban J connectivity index is 1.45. The number of hydrogen-bond donors (Lipinski definition) is 0. The molecule has 140 valence electrons. The maximum Gasteiger partial charge on any atom is 0.266 e. The van der Waals surface area contributed by atoms with E-state index in [0.717, 1.165) is 56.5 Å². The van der Waals surface area contributed by atoms with Crippen LogP contribution in [0.1, 0.15) is 11.3 Å². The number of rotatable bonds is 6.